The summed E-state index contributed by atoms with van der Waals surface area (Å²) in [5.74, 6) is 0.874. The molecule has 0 spiro atoms. The molecule has 0 aromatic heterocycles. The zero-order chi connectivity index (χ0) is 17.1. The van der Waals surface area contributed by atoms with E-state index in [0.717, 1.165) is 23.7 Å². The van der Waals surface area contributed by atoms with Crippen LogP contribution in [-0.4, -0.2) is 35.1 Å². The molecule has 1 unspecified atom stereocenters. The summed E-state index contributed by atoms with van der Waals surface area (Å²) < 4.78 is 0. The maximum atomic E-state index is 12.9. The van der Waals surface area contributed by atoms with E-state index >= 15 is 0 Å². The van der Waals surface area contributed by atoms with Gasteiger partial charge in [0.05, 0.1) is 10.9 Å². The van der Waals surface area contributed by atoms with Crippen molar-refractivity contribution in [1.29, 1.82) is 0 Å². The van der Waals surface area contributed by atoms with Gasteiger partial charge in [0.2, 0.25) is 5.91 Å². The summed E-state index contributed by atoms with van der Waals surface area (Å²) >= 11 is 1.53. The lowest BCUT2D eigenvalue weighted by atomic mass is 10.1. The van der Waals surface area contributed by atoms with E-state index in [2.05, 4.69) is 33.0 Å². The van der Waals surface area contributed by atoms with Crippen molar-refractivity contribution in [2.24, 2.45) is 11.8 Å². The summed E-state index contributed by atoms with van der Waals surface area (Å²) in [6.07, 6.45) is 0. The highest BCUT2D eigenvalue weighted by Crippen LogP contribution is 2.36. The molecule has 1 heterocycles. The van der Waals surface area contributed by atoms with Crippen LogP contribution < -0.4 is 5.32 Å². The fourth-order valence-corrected chi connectivity index (χ4v) is 3.58. The fourth-order valence-electron chi connectivity index (χ4n) is 2.65. The minimum atomic E-state index is -0.0950. The van der Waals surface area contributed by atoms with Crippen molar-refractivity contribution in [3.63, 3.8) is 0 Å². The summed E-state index contributed by atoms with van der Waals surface area (Å²) in [6.45, 7) is 11.8. The lowest BCUT2D eigenvalue weighted by Gasteiger charge is -2.27. The van der Waals surface area contributed by atoms with Gasteiger partial charge >= 0.3 is 0 Å². The number of carbonyl (C=O) groups excluding carboxylic acids is 2. The molecule has 4 nitrogen and oxygen atoms in total. The van der Waals surface area contributed by atoms with E-state index in [-0.39, 0.29) is 17.1 Å². The zero-order valence-corrected chi connectivity index (χ0v) is 15.4. The molecule has 0 aliphatic carbocycles. The molecule has 1 N–H and O–H groups in total. The second-order valence-electron chi connectivity index (χ2n) is 6.96. The molecule has 0 saturated heterocycles. The maximum Gasteiger partial charge on any atom is 0.253 e. The SMILES string of the molecule is CC(C)CN(CC(C)C)C(=O)c1ccc2c(c1)NC(=O)C(C)S2. The standard InChI is InChI=1S/C18H26N2O2S/c1-11(2)9-20(10-12(3)4)18(22)14-6-7-16-15(8-14)19-17(21)13(5)23-16/h6-8,11-13H,9-10H2,1-5H3,(H,19,21). The molecule has 1 atom stereocenters. The van der Waals surface area contributed by atoms with E-state index in [4.69, 9.17) is 0 Å². The third-order valence-corrected chi connectivity index (χ3v) is 4.79. The number of fused-ring (bicyclic) bond motifs is 1. The van der Waals surface area contributed by atoms with Crippen molar-refractivity contribution in [2.75, 3.05) is 18.4 Å². The van der Waals surface area contributed by atoms with E-state index in [1.807, 2.05) is 30.0 Å². The van der Waals surface area contributed by atoms with E-state index in [1.165, 1.54) is 11.8 Å². The first-order valence-electron chi connectivity index (χ1n) is 8.18. The predicted octanol–water partition coefficient (Wildman–Crippen LogP) is 3.87. The van der Waals surface area contributed by atoms with E-state index in [9.17, 15) is 9.59 Å². The molecule has 0 saturated carbocycles. The Kier molecular flexibility index (Phi) is 5.74. The van der Waals surface area contributed by atoms with Gasteiger partial charge in [-0.25, -0.2) is 0 Å². The largest absolute Gasteiger partial charge is 0.338 e. The molecule has 0 bridgehead atoms. The molecule has 2 amide bonds. The Morgan fingerprint density at radius 1 is 1.22 bits per heavy atom. The van der Waals surface area contributed by atoms with Crippen LogP contribution in [0.2, 0.25) is 0 Å². The molecular formula is C18H26N2O2S. The minimum absolute atomic E-state index is 0.00619. The molecule has 1 aliphatic heterocycles. The molecule has 23 heavy (non-hydrogen) atoms. The highest BCUT2D eigenvalue weighted by molar-refractivity contribution is 8.00. The Balaban J connectivity index is 2.24. The van der Waals surface area contributed by atoms with Crippen LogP contribution in [0, 0.1) is 11.8 Å². The van der Waals surface area contributed by atoms with Gasteiger partial charge in [-0.3, -0.25) is 9.59 Å². The molecule has 126 valence electrons. The molecule has 1 aromatic rings. The molecule has 1 aliphatic rings. The van der Waals surface area contributed by atoms with Crippen LogP contribution in [0.15, 0.2) is 23.1 Å². The number of amides is 2. The number of benzene rings is 1. The lowest BCUT2D eigenvalue weighted by molar-refractivity contribution is -0.115. The number of thioether (sulfide) groups is 1. The number of rotatable bonds is 5. The Morgan fingerprint density at radius 2 is 1.83 bits per heavy atom. The van der Waals surface area contributed by atoms with Gasteiger partial charge in [0.1, 0.15) is 0 Å². The van der Waals surface area contributed by atoms with Crippen LogP contribution >= 0.6 is 11.8 Å². The maximum absolute atomic E-state index is 12.9. The zero-order valence-electron chi connectivity index (χ0n) is 14.6. The minimum Gasteiger partial charge on any atom is -0.338 e. The van der Waals surface area contributed by atoms with Crippen molar-refractivity contribution in [2.45, 2.75) is 44.8 Å². The fraction of sp³-hybridized carbons (Fsp3) is 0.556. The summed E-state index contributed by atoms with van der Waals surface area (Å²) in [7, 11) is 0. The predicted molar refractivity (Wildman–Crippen MR) is 96.0 cm³/mol. The van der Waals surface area contributed by atoms with E-state index in [1.54, 1.807) is 0 Å². The second kappa shape index (κ2) is 7.39. The first kappa shape index (κ1) is 17.9. The van der Waals surface area contributed by atoms with Crippen molar-refractivity contribution >= 4 is 29.3 Å². The number of nitrogens with zero attached hydrogens (tertiary/aromatic N) is 1. The third kappa shape index (κ3) is 4.50. The molecule has 0 radical (unpaired) electrons. The number of carbonyl (C=O) groups is 2. The van der Waals surface area contributed by atoms with Gasteiger partial charge in [-0.05, 0) is 37.0 Å². The highest BCUT2D eigenvalue weighted by atomic mass is 32.2. The Morgan fingerprint density at radius 3 is 2.39 bits per heavy atom. The van der Waals surface area contributed by atoms with Gasteiger partial charge in [0.15, 0.2) is 0 Å². The van der Waals surface area contributed by atoms with Gasteiger partial charge in [-0.2, -0.15) is 0 Å². The van der Waals surface area contributed by atoms with Gasteiger partial charge in [-0.1, -0.05) is 27.7 Å². The van der Waals surface area contributed by atoms with Crippen LogP contribution in [0.3, 0.4) is 0 Å². The second-order valence-corrected chi connectivity index (χ2v) is 8.34. The first-order valence-corrected chi connectivity index (χ1v) is 9.06. The molecule has 5 heteroatoms. The monoisotopic (exact) mass is 334 g/mol. The first-order chi connectivity index (χ1) is 10.8. The smallest absolute Gasteiger partial charge is 0.253 e. The Hall–Kier alpha value is -1.49. The average molecular weight is 334 g/mol. The van der Waals surface area contributed by atoms with Crippen LogP contribution in [0.4, 0.5) is 5.69 Å². The van der Waals surface area contributed by atoms with Crippen molar-refractivity contribution in [1.82, 2.24) is 4.90 Å². The number of nitrogens with one attached hydrogen (secondary N) is 1. The summed E-state index contributed by atoms with van der Waals surface area (Å²) in [5, 5.41) is 2.80. The van der Waals surface area contributed by atoms with Crippen LogP contribution in [0.1, 0.15) is 45.0 Å². The normalized spacial score (nSPS) is 17.2. The van der Waals surface area contributed by atoms with E-state index in [0.29, 0.717) is 17.4 Å². The van der Waals surface area contributed by atoms with Crippen molar-refractivity contribution in [3.05, 3.63) is 23.8 Å². The molecule has 2 rings (SSSR count). The molecule has 1 aromatic carbocycles. The Labute approximate surface area is 143 Å². The van der Waals surface area contributed by atoms with Gasteiger partial charge in [0, 0.05) is 23.5 Å². The summed E-state index contributed by atoms with van der Waals surface area (Å²) in [6, 6.07) is 5.61. The van der Waals surface area contributed by atoms with Crippen molar-refractivity contribution < 1.29 is 9.59 Å². The Bertz CT molecular complexity index is 589. The summed E-state index contributed by atoms with van der Waals surface area (Å²) in [4.78, 5) is 27.6. The lowest BCUT2D eigenvalue weighted by Crippen LogP contribution is -2.37. The number of anilines is 1. The molecular weight excluding hydrogens is 308 g/mol. The van der Waals surface area contributed by atoms with Gasteiger partial charge < -0.3 is 10.2 Å². The van der Waals surface area contributed by atoms with Gasteiger partial charge in [0.25, 0.3) is 5.91 Å². The number of hydrogen-bond acceptors (Lipinski definition) is 3. The molecule has 0 fully saturated rings. The average Bonchev–Trinajstić information content (AvgIpc) is 2.45. The van der Waals surface area contributed by atoms with Crippen LogP contribution in [0.25, 0.3) is 0 Å². The van der Waals surface area contributed by atoms with Gasteiger partial charge in [-0.15, -0.1) is 11.8 Å². The van der Waals surface area contributed by atoms with Crippen molar-refractivity contribution in [3.8, 4) is 0 Å². The quantitative estimate of drug-likeness (QED) is 0.889. The third-order valence-electron chi connectivity index (χ3n) is 3.62. The topological polar surface area (TPSA) is 49.4 Å². The number of hydrogen-bond donors (Lipinski definition) is 1. The van der Waals surface area contributed by atoms with E-state index < -0.39 is 0 Å². The summed E-state index contributed by atoms with van der Waals surface area (Å²) in [5.41, 5.74) is 1.39. The van der Waals surface area contributed by atoms with Crippen LogP contribution in [0.5, 0.6) is 0 Å². The van der Waals surface area contributed by atoms with Crippen LogP contribution in [-0.2, 0) is 4.79 Å². The highest BCUT2D eigenvalue weighted by Gasteiger charge is 2.25.